The van der Waals surface area contributed by atoms with Gasteiger partial charge in [-0.3, -0.25) is 9.69 Å². The van der Waals surface area contributed by atoms with Crippen LogP contribution in [0.4, 0.5) is 0 Å². The molecule has 2 fully saturated rings. The van der Waals surface area contributed by atoms with Crippen LogP contribution in [-0.4, -0.2) is 49.2 Å². The predicted octanol–water partition coefficient (Wildman–Crippen LogP) is 1.15. The third-order valence-corrected chi connectivity index (χ3v) is 4.27. The van der Waals surface area contributed by atoms with Crippen molar-refractivity contribution in [3.63, 3.8) is 0 Å². The second kappa shape index (κ2) is 6.25. The Kier molecular flexibility index (Phi) is 4.18. The number of amides is 1. The van der Waals surface area contributed by atoms with Crippen molar-refractivity contribution in [2.24, 2.45) is 0 Å². The van der Waals surface area contributed by atoms with Gasteiger partial charge >= 0.3 is 0 Å². The van der Waals surface area contributed by atoms with Crippen LogP contribution >= 0.6 is 0 Å². The Bertz CT molecular complexity index is 561. The molecule has 1 aromatic carbocycles. The molecule has 2 aliphatic heterocycles. The van der Waals surface area contributed by atoms with Crippen LogP contribution in [0.15, 0.2) is 24.3 Å². The van der Waals surface area contributed by atoms with E-state index >= 15 is 0 Å². The Morgan fingerprint density at radius 3 is 2.81 bits per heavy atom. The van der Waals surface area contributed by atoms with Crippen molar-refractivity contribution >= 4 is 5.91 Å². The number of benzene rings is 1. The first-order valence-corrected chi connectivity index (χ1v) is 7.41. The lowest BCUT2D eigenvalue weighted by molar-refractivity contribution is 0.0916. The van der Waals surface area contributed by atoms with Crippen molar-refractivity contribution in [2.75, 3.05) is 26.3 Å². The Balaban J connectivity index is 1.70. The van der Waals surface area contributed by atoms with Gasteiger partial charge in [-0.05, 0) is 38.1 Å². The molecule has 21 heavy (non-hydrogen) atoms. The maximum atomic E-state index is 12.4. The number of nitrogens with zero attached hydrogens (tertiary/aromatic N) is 2. The van der Waals surface area contributed by atoms with Crippen molar-refractivity contribution in [1.29, 1.82) is 5.26 Å². The van der Waals surface area contributed by atoms with Gasteiger partial charge in [0.1, 0.15) is 0 Å². The lowest BCUT2D eigenvalue weighted by atomic mass is 10.1. The highest BCUT2D eigenvalue weighted by molar-refractivity contribution is 5.96. The minimum atomic E-state index is -0.188. The summed E-state index contributed by atoms with van der Waals surface area (Å²) in [6.45, 7) is 3.37. The van der Waals surface area contributed by atoms with Gasteiger partial charge in [0.25, 0.3) is 5.91 Å². The second-order valence-electron chi connectivity index (χ2n) is 5.59. The maximum Gasteiger partial charge on any atom is 0.252 e. The summed E-state index contributed by atoms with van der Waals surface area (Å²) in [6.07, 6.45) is 2.43. The SMILES string of the molecule is N#Cc1ccccc1C(=O)N[C@H]1COC[C@@H]1N1CCCC1. The fourth-order valence-corrected chi connectivity index (χ4v) is 3.14. The standard InChI is InChI=1S/C16H19N3O2/c17-9-12-5-1-2-6-13(12)16(20)18-14-10-21-11-15(14)19-7-3-4-8-19/h1-2,5-6,14-15H,3-4,7-8,10-11H2,(H,18,20)/t14-,15-/m0/s1. The molecule has 5 heteroatoms. The average molecular weight is 285 g/mol. The first kappa shape index (κ1) is 14.1. The molecule has 5 nitrogen and oxygen atoms in total. The molecule has 2 atom stereocenters. The fraction of sp³-hybridized carbons (Fsp3) is 0.500. The molecule has 3 rings (SSSR count). The average Bonchev–Trinajstić information content (AvgIpc) is 3.17. The van der Waals surface area contributed by atoms with E-state index in [0.717, 1.165) is 13.1 Å². The molecule has 0 aromatic heterocycles. The van der Waals surface area contributed by atoms with E-state index in [1.54, 1.807) is 24.3 Å². The molecule has 0 radical (unpaired) electrons. The molecule has 0 aliphatic carbocycles. The number of nitriles is 1. The molecule has 1 aromatic rings. The highest BCUT2D eigenvalue weighted by atomic mass is 16.5. The molecule has 110 valence electrons. The van der Waals surface area contributed by atoms with Crippen LogP contribution in [0.1, 0.15) is 28.8 Å². The number of rotatable bonds is 3. The van der Waals surface area contributed by atoms with E-state index in [9.17, 15) is 4.79 Å². The van der Waals surface area contributed by atoms with Crippen LogP contribution in [0.5, 0.6) is 0 Å². The van der Waals surface area contributed by atoms with E-state index in [0.29, 0.717) is 24.3 Å². The summed E-state index contributed by atoms with van der Waals surface area (Å²) in [5.41, 5.74) is 0.846. The smallest absolute Gasteiger partial charge is 0.252 e. The first-order valence-electron chi connectivity index (χ1n) is 7.41. The van der Waals surface area contributed by atoms with Crippen LogP contribution in [0, 0.1) is 11.3 Å². The van der Waals surface area contributed by atoms with E-state index in [1.807, 2.05) is 0 Å². The monoisotopic (exact) mass is 285 g/mol. The van der Waals surface area contributed by atoms with Crippen LogP contribution in [0.25, 0.3) is 0 Å². The molecule has 2 heterocycles. The van der Waals surface area contributed by atoms with Gasteiger partial charge in [0, 0.05) is 0 Å². The molecule has 0 unspecified atom stereocenters. The Morgan fingerprint density at radius 1 is 1.29 bits per heavy atom. The Labute approximate surface area is 124 Å². The Morgan fingerprint density at radius 2 is 2.05 bits per heavy atom. The highest BCUT2D eigenvalue weighted by Crippen LogP contribution is 2.19. The fourth-order valence-electron chi connectivity index (χ4n) is 3.14. The van der Waals surface area contributed by atoms with Crippen molar-refractivity contribution in [2.45, 2.75) is 24.9 Å². The number of carbonyl (C=O) groups is 1. The lowest BCUT2D eigenvalue weighted by Crippen LogP contribution is -2.50. The third kappa shape index (κ3) is 2.92. The molecular formula is C16H19N3O2. The van der Waals surface area contributed by atoms with Crippen molar-refractivity contribution in [3.8, 4) is 6.07 Å². The topological polar surface area (TPSA) is 65.4 Å². The largest absolute Gasteiger partial charge is 0.378 e. The predicted molar refractivity (Wildman–Crippen MR) is 77.8 cm³/mol. The summed E-state index contributed by atoms with van der Waals surface area (Å²) in [6, 6.07) is 9.22. The number of likely N-dealkylation sites (tertiary alicyclic amines) is 1. The molecule has 0 saturated carbocycles. The molecule has 0 spiro atoms. The van der Waals surface area contributed by atoms with Crippen molar-refractivity contribution in [3.05, 3.63) is 35.4 Å². The minimum absolute atomic E-state index is 0.00217. The van der Waals surface area contributed by atoms with E-state index in [1.165, 1.54) is 12.8 Å². The Hall–Kier alpha value is -1.90. The molecular weight excluding hydrogens is 266 g/mol. The van der Waals surface area contributed by atoms with E-state index < -0.39 is 0 Å². The van der Waals surface area contributed by atoms with Gasteiger partial charge in [-0.15, -0.1) is 0 Å². The number of hydrogen-bond acceptors (Lipinski definition) is 4. The van der Waals surface area contributed by atoms with Crippen LogP contribution in [0.3, 0.4) is 0 Å². The van der Waals surface area contributed by atoms with Gasteiger partial charge in [-0.25, -0.2) is 0 Å². The summed E-state index contributed by atoms with van der Waals surface area (Å²) in [5.74, 6) is -0.188. The van der Waals surface area contributed by atoms with Gasteiger partial charge in [-0.1, -0.05) is 12.1 Å². The van der Waals surface area contributed by atoms with E-state index in [-0.39, 0.29) is 18.0 Å². The van der Waals surface area contributed by atoms with Crippen LogP contribution < -0.4 is 5.32 Å². The summed E-state index contributed by atoms with van der Waals surface area (Å²) in [5, 5.41) is 12.1. The van der Waals surface area contributed by atoms with Gasteiger partial charge < -0.3 is 10.1 Å². The number of carbonyl (C=O) groups excluding carboxylic acids is 1. The quantitative estimate of drug-likeness (QED) is 0.905. The number of nitrogens with one attached hydrogen (secondary N) is 1. The maximum absolute atomic E-state index is 12.4. The number of ether oxygens (including phenoxy) is 1. The molecule has 1 amide bonds. The molecule has 2 aliphatic rings. The van der Waals surface area contributed by atoms with Gasteiger partial charge in [0.15, 0.2) is 0 Å². The van der Waals surface area contributed by atoms with E-state index in [2.05, 4.69) is 16.3 Å². The summed E-state index contributed by atoms with van der Waals surface area (Å²) in [7, 11) is 0. The minimum Gasteiger partial charge on any atom is -0.378 e. The van der Waals surface area contributed by atoms with Crippen molar-refractivity contribution in [1.82, 2.24) is 10.2 Å². The summed E-state index contributed by atoms with van der Waals surface area (Å²) < 4.78 is 5.55. The second-order valence-corrected chi connectivity index (χ2v) is 5.59. The zero-order valence-corrected chi connectivity index (χ0v) is 11.9. The lowest BCUT2D eigenvalue weighted by Gasteiger charge is -2.28. The molecule has 0 bridgehead atoms. The van der Waals surface area contributed by atoms with Gasteiger partial charge in [0.2, 0.25) is 0 Å². The van der Waals surface area contributed by atoms with Gasteiger partial charge in [0.05, 0.1) is 42.5 Å². The molecule has 1 N–H and O–H groups in total. The van der Waals surface area contributed by atoms with Crippen molar-refractivity contribution < 1.29 is 9.53 Å². The summed E-state index contributed by atoms with van der Waals surface area (Å²) in [4.78, 5) is 14.8. The molecule has 2 saturated heterocycles. The van der Waals surface area contributed by atoms with Gasteiger partial charge in [-0.2, -0.15) is 5.26 Å². The third-order valence-electron chi connectivity index (χ3n) is 4.27. The highest BCUT2D eigenvalue weighted by Gasteiger charge is 2.35. The zero-order chi connectivity index (χ0) is 14.7. The summed E-state index contributed by atoms with van der Waals surface area (Å²) >= 11 is 0. The normalized spacial score (nSPS) is 25.7. The van der Waals surface area contributed by atoms with E-state index in [4.69, 9.17) is 10.00 Å². The van der Waals surface area contributed by atoms with Crippen LogP contribution in [0.2, 0.25) is 0 Å². The number of hydrogen-bond donors (Lipinski definition) is 1. The van der Waals surface area contributed by atoms with Crippen LogP contribution in [-0.2, 0) is 4.74 Å². The first-order chi connectivity index (χ1) is 10.3. The zero-order valence-electron chi connectivity index (χ0n) is 11.9.